The second-order valence-electron chi connectivity index (χ2n) is 3.51. The van der Waals surface area contributed by atoms with Crippen LogP contribution in [0.1, 0.15) is 39.5 Å². The molecule has 1 aliphatic rings. The molecule has 0 heterocycles. The van der Waals surface area contributed by atoms with Crippen molar-refractivity contribution in [3.63, 3.8) is 0 Å². The highest BCUT2D eigenvalue weighted by atomic mass is 16.6. The van der Waals surface area contributed by atoms with Gasteiger partial charge in [-0.1, -0.05) is 19.0 Å². The highest BCUT2D eigenvalue weighted by Gasteiger charge is 2.03. The molecule has 0 bridgehead atoms. The van der Waals surface area contributed by atoms with Crippen LogP contribution >= 0.6 is 0 Å². The highest BCUT2D eigenvalue weighted by Crippen LogP contribution is 2.18. The molecule has 0 atom stereocenters. The number of oxime groups is 1. The van der Waals surface area contributed by atoms with Gasteiger partial charge in [0, 0.05) is 12.6 Å². The third-order valence-corrected chi connectivity index (χ3v) is 1.78. The van der Waals surface area contributed by atoms with E-state index in [0.29, 0.717) is 5.92 Å². The van der Waals surface area contributed by atoms with Crippen molar-refractivity contribution in [1.82, 2.24) is 0 Å². The Balaban J connectivity index is 2.26. The minimum Gasteiger partial charge on any atom is -0.362 e. The van der Waals surface area contributed by atoms with E-state index in [0.717, 1.165) is 18.6 Å². The minimum atomic E-state index is 0.467. The molecule has 1 aliphatic carbocycles. The van der Waals surface area contributed by atoms with E-state index in [1.807, 2.05) is 6.21 Å². The number of nitrogens with zero attached hydrogens (tertiary/aromatic N) is 1. The zero-order valence-corrected chi connectivity index (χ0v) is 7.92. The van der Waals surface area contributed by atoms with E-state index in [4.69, 9.17) is 4.84 Å². The first kappa shape index (κ1) is 9.30. The summed E-state index contributed by atoms with van der Waals surface area (Å²) in [6, 6.07) is 0. The summed E-state index contributed by atoms with van der Waals surface area (Å²) in [6.45, 7) is 4.17. The van der Waals surface area contributed by atoms with E-state index in [1.165, 1.54) is 12.8 Å². The van der Waals surface area contributed by atoms with Crippen molar-refractivity contribution in [2.24, 2.45) is 11.1 Å². The Kier molecular flexibility index (Phi) is 3.85. The van der Waals surface area contributed by atoms with Gasteiger partial charge in [0.2, 0.25) is 0 Å². The van der Waals surface area contributed by atoms with Crippen LogP contribution in [0.25, 0.3) is 0 Å². The van der Waals surface area contributed by atoms with Crippen LogP contribution < -0.4 is 0 Å². The topological polar surface area (TPSA) is 21.6 Å². The van der Waals surface area contributed by atoms with E-state index in [9.17, 15) is 0 Å². The normalized spacial score (nSPS) is 18.4. The molecule has 0 spiro atoms. The van der Waals surface area contributed by atoms with E-state index >= 15 is 0 Å². The molecule has 0 saturated carbocycles. The smallest absolute Gasteiger partial charge is 0.131 e. The maximum atomic E-state index is 5.22. The monoisotopic (exact) mass is 167 g/mol. The zero-order valence-electron chi connectivity index (χ0n) is 7.92. The first-order chi connectivity index (χ1) is 5.79. The standard InChI is InChI=1S/C10H17NO/c1-9(2)8-11-12-10-6-4-3-5-7-10/h6,8-9H,3-5,7H2,1-2H3. The molecule has 0 radical (unpaired) electrons. The Labute approximate surface area is 74.3 Å². The Morgan fingerprint density at radius 3 is 2.92 bits per heavy atom. The van der Waals surface area contributed by atoms with Crippen LogP contribution in [-0.2, 0) is 4.84 Å². The van der Waals surface area contributed by atoms with Gasteiger partial charge in [-0.2, -0.15) is 0 Å². The van der Waals surface area contributed by atoms with Crippen molar-refractivity contribution < 1.29 is 4.84 Å². The molecular formula is C10H17NO. The number of rotatable bonds is 3. The van der Waals surface area contributed by atoms with Crippen LogP contribution in [0, 0.1) is 5.92 Å². The van der Waals surface area contributed by atoms with Gasteiger partial charge in [-0.3, -0.25) is 0 Å². The molecule has 2 nitrogen and oxygen atoms in total. The van der Waals surface area contributed by atoms with Crippen molar-refractivity contribution in [2.75, 3.05) is 0 Å². The molecule has 2 heteroatoms. The number of hydrogen-bond donors (Lipinski definition) is 0. The predicted octanol–water partition coefficient (Wildman–Crippen LogP) is 3.10. The average Bonchev–Trinajstić information content (AvgIpc) is 2.05. The van der Waals surface area contributed by atoms with Crippen LogP contribution in [0.4, 0.5) is 0 Å². The maximum absolute atomic E-state index is 5.22. The summed E-state index contributed by atoms with van der Waals surface area (Å²) in [5.41, 5.74) is 0. The number of hydrogen-bond acceptors (Lipinski definition) is 2. The van der Waals surface area contributed by atoms with Crippen LogP contribution in [0.5, 0.6) is 0 Å². The van der Waals surface area contributed by atoms with Gasteiger partial charge in [0.25, 0.3) is 0 Å². The Hall–Kier alpha value is -0.790. The lowest BCUT2D eigenvalue weighted by atomic mass is 10.1. The summed E-state index contributed by atoms with van der Waals surface area (Å²) >= 11 is 0. The first-order valence-corrected chi connectivity index (χ1v) is 4.68. The second-order valence-corrected chi connectivity index (χ2v) is 3.51. The van der Waals surface area contributed by atoms with Gasteiger partial charge >= 0.3 is 0 Å². The third-order valence-electron chi connectivity index (χ3n) is 1.78. The van der Waals surface area contributed by atoms with Crippen molar-refractivity contribution in [1.29, 1.82) is 0 Å². The average molecular weight is 167 g/mol. The lowest BCUT2D eigenvalue weighted by Crippen LogP contribution is -1.94. The molecular weight excluding hydrogens is 150 g/mol. The SMILES string of the molecule is CC(C)C=NOC1=CCCCC1. The maximum Gasteiger partial charge on any atom is 0.131 e. The van der Waals surface area contributed by atoms with Gasteiger partial charge in [-0.15, -0.1) is 0 Å². The van der Waals surface area contributed by atoms with Gasteiger partial charge in [-0.25, -0.2) is 0 Å². The summed E-state index contributed by atoms with van der Waals surface area (Å²) in [5, 5.41) is 3.90. The molecule has 68 valence electrons. The molecule has 0 aliphatic heterocycles. The largest absolute Gasteiger partial charge is 0.362 e. The highest BCUT2D eigenvalue weighted by molar-refractivity contribution is 5.58. The quantitative estimate of drug-likeness (QED) is 0.467. The summed E-state index contributed by atoms with van der Waals surface area (Å²) in [4.78, 5) is 5.22. The van der Waals surface area contributed by atoms with Crippen molar-refractivity contribution in [3.8, 4) is 0 Å². The lowest BCUT2D eigenvalue weighted by Gasteiger charge is -2.09. The van der Waals surface area contributed by atoms with Crippen LogP contribution in [-0.4, -0.2) is 6.21 Å². The summed E-state index contributed by atoms with van der Waals surface area (Å²) < 4.78 is 0. The Bertz CT molecular complexity index is 182. The van der Waals surface area contributed by atoms with E-state index in [1.54, 1.807) is 0 Å². The fourth-order valence-corrected chi connectivity index (χ4v) is 1.11. The molecule has 0 saturated heterocycles. The molecule has 0 unspecified atom stereocenters. The van der Waals surface area contributed by atoms with Gasteiger partial charge < -0.3 is 4.84 Å². The van der Waals surface area contributed by atoms with E-state index in [2.05, 4.69) is 25.1 Å². The van der Waals surface area contributed by atoms with Crippen molar-refractivity contribution in [2.45, 2.75) is 39.5 Å². The van der Waals surface area contributed by atoms with Crippen molar-refractivity contribution in [3.05, 3.63) is 11.8 Å². The van der Waals surface area contributed by atoms with E-state index < -0.39 is 0 Å². The summed E-state index contributed by atoms with van der Waals surface area (Å²) in [7, 11) is 0. The molecule has 0 aromatic carbocycles. The molecule has 12 heavy (non-hydrogen) atoms. The Morgan fingerprint density at radius 2 is 2.33 bits per heavy atom. The van der Waals surface area contributed by atoms with Gasteiger partial charge in [0.15, 0.2) is 0 Å². The van der Waals surface area contributed by atoms with Gasteiger partial charge in [0.1, 0.15) is 5.76 Å². The fraction of sp³-hybridized carbons (Fsp3) is 0.700. The van der Waals surface area contributed by atoms with Crippen LogP contribution in [0.3, 0.4) is 0 Å². The van der Waals surface area contributed by atoms with E-state index in [-0.39, 0.29) is 0 Å². The minimum absolute atomic E-state index is 0.467. The van der Waals surface area contributed by atoms with Crippen molar-refractivity contribution >= 4 is 6.21 Å². The summed E-state index contributed by atoms with van der Waals surface area (Å²) in [6.07, 6.45) is 8.70. The second kappa shape index (κ2) is 4.96. The molecule has 0 fully saturated rings. The first-order valence-electron chi connectivity index (χ1n) is 4.68. The molecule has 0 amide bonds. The number of allylic oxidation sites excluding steroid dienone is 2. The zero-order chi connectivity index (χ0) is 8.81. The van der Waals surface area contributed by atoms with Crippen LogP contribution in [0.15, 0.2) is 17.0 Å². The summed E-state index contributed by atoms with van der Waals surface area (Å²) in [5.74, 6) is 1.51. The predicted molar refractivity (Wildman–Crippen MR) is 51.0 cm³/mol. The molecule has 1 rings (SSSR count). The third kappa shape index (κ3) is 3.56. The molecule has 0 aromatic rings. The molecule has 0 N–H and O–H groups in total. The van der Waals surface area contributed by atoms with Gasteiger partial charge in [0.05, 0.1) is 0 Å². The van der Waals surface area contributed by atoms with Crippen LogP contribution in [0.2, 0.25) is 0 Å². The van der Waals surface area contributed by atoms with Gasteiger partial charge in [-0.05, 0) is 31.3 Å². The fourth-order valence-electron chi connectivity index (χ4n) is 1.11. The Morgan fingerprint density at radius 1 is 1.50 bits per heavy atom. The molecule has 0 aromatic heterocycles. The lowest BCUT2D eigenvalue weighted by molar-refractivity contribution is 0.209.